The van der Waals surface area contributed by atoms with Gasteiger partial charge in [0.15, 0.2) is 0 Å². The highest BCUT2D eigenvalue weighted by Crippen LogP contribution is 2.44. The monoisotopic (exact) mass is 335 g/mol. The molecular formula is C22H25NO2. The Bertz CT molecular complexity index is 725. The van der Waals surface area contributed by atoms with Crippen LogP contribution >= 0.6 is 0 Å². The van der Waals surface area contributed by atoms with Crippen molar-refractivity contribution in [3.05, 3.63) is 59.7 Å². The maximum absolute atomic E-state index is 12.3. The molecule has 0 aliphatic heterocycles. The zero-order valence-electron chi connectivity index (χ0n) is 14.7. The minimum atomic E-state index is -0.277. The first-order chi connectivity index (χ1) is 12.2. The number of amides is 1. The number of alkyl carbamates (subject to hydrolysis) is 1. The Hall–Kier alpha value is -2.29. The lowest BCUT2D eigenvalue weighted by Crippen LogP contribution is -2.41. The van der Waals surface area contributed by atoms with Gasteiger partial charge in [0, 0.05) is 12.0 Å². The van der Waals surface area contributed by atoms with Crippen LogP contribution in [0.1, 0.15) is 49.7 Å². The van der Waals surface area contributed by atoms with Gasteiger partial charge in [0.2, 0.25) is 0 Å². The predicted octanol–water partition coefficient (Wildman–Crippen LogP) is 5.10. The van der Waals surface area contributed by atoms with Crippen LogP contribution in [0.15, 0.2) is 48.5 Å². The van der Waals surface area contributed by atoms with E-state index in [9.17, 15) is 4.79 Å². The van der Waals surface area contributed by atoms with E-state index in [0.29, 0.717) is 12.5 Å². The maximum atomic E-state index is 12.3. The van der Waals surface area contributed by atoms with Gasteiger partial charge >= 0.3 is 6.09 Å². The molecule has 1 fully saturated rings. The molecule has 0 unspecified atom stereocenters. The van der Waals surface area contributed by atoms with Gasteiger partial charge < -0.3 is 10.1 Å². The minimum Gasteiger partial charge on any atom is -0.449 e. The summed E-state index contributed by atoms with van der Waals surface area (Å²) in [7, 11) is 0. The van der Waals surface area contributed by atoms with Gasteiger partial charge in [-0.25, -0.2) is 4.79 Å². The number of fused-ring (bicyclic) bond motifs is 3. The molecule has 0 bridgehead atoms. The average Bonchev–Trinajstić information content (AvgIpc) is 2.96. The standard InChI is InChI=1S/C22H25NO2/c1-15-8-2-7-13-21(15)23-22(24)25-14-20-18-11-5-3-9-16(18)17-10-4-6-12-19(17)20/h3-6,9-12,15,20-21H,2,7-8,13-14H2,1H3,(H,23,24)/t15-,21+/m0/s1. The van der Waals surface area contributed by atoms with Crippen LogP contribution in [-0.4, -0.2) is 18.7 Å². The van der Waals surface area contributed by atoms with Crippen molar-refractivity contribution in [3.8, 4) is 11.1 Å². The third-order valence-electron chi connectivity index (χ3n) is 5.76. The molecule has 1 saturated carbocycles. The van der Waals surface area contributed by atoms with Gasteiger partial charge in [-0.2, -0.15) is 0 Å². The summed E-state index contributed by atoms with van der Waals surface area (Å²) >= 11 is 0. The van der Waals surface area contributed by atoms with Crippen LogP contribution in [0.25, 0.3) is 11.1 Å². The molecule has 25 heavy (non-hydrogen) atoms. The van der Waals surface area contributed by atoms with Gasteiger partial charge in [-0.15, -0.1) is 0 Å². The third kappa shape index (κ3) is 3.15. The molecule has 3 heteroatoms. The molecule has 1 N–H and O–H groups in total. The minimum absolute atomic E-state index is 0.127. The molecule has 2 atom stereocenters. The Labute approximate surface area is 149 Å². The number of benzene rings is 2. The largest absolute Gasteiger partial charge is 0.449 e. The second kappa shape index (κ2) is 6.91. The van der Waals surface area contributed by atoms with E-state index in [1.165, 1.54) is 41.5 Å². The zero-order chi connectivity index (χ0) is 17.2. The Balaban J connectivity index is 1.45. The van der Waals surface area contributed by atoms with E-state index in [1.54, 1.807) is 0 Å². The van der Waals surface area contributed by atoms with E-state index >= 15 is 0 Å². The molecule has 2 aromatic carbocycles. The lowest BCUT2D eigenvalue weighted by atomic mass is 9.86. The Morgan fingerprint density at radius 2 is 1.60 bits per heavy atom. The van der Waals surface area contributed by atoms with Gasteiger partial charge in [-0.05, 0) is 41.0 Å². The summed E-state index contributed by atoms with van der Waals surface area (Å²) in [6, 6.07) is 17.1. The Morgan fingerprint density at radius 1 is 1.00 bits per heavy atom. The summed E-state index contributed by atoms with van der Waals surface area (Å²) in [4.78, 5) is 12.3. The molecular weight excluding hydrogens is 310 g/mol. The molecule has 0 spiro atoms. The SMILES string of the molecule is C[C@H]1CCCC[C@H]1NC(=O)OCC1c2ccccc2-c2ccccc21. The molecule has 3 nitrogen and oxygen atoms in total. The molecule has 4 rings (SSSR count). The van der Waals surface area contributed by atoms with Gasteiger partial charge in [0.1, 0.15) is 6.61 Å². The maximum Gasteiger partial charge on any atom is 0.407 e. The third-order valence-corrected chi connectivity index (χ3v) is 5.76. The summed E-state index contributed by atoms with van der Waals surface area (Å²) in [5, 5.41) is 3.08. The predicted molar refractivity (Wildman–Crippen MR) is 99.6 cm³/mol. The molecule has 0 heterocycles. The van der Waals surface area contributed by atoms with E-state index in [2.05, 4.69) is 60.8 Å². The van der Waals surface area contributed by atoms with Crippen LogP contribution in [0.4, 0.5) is 4.79 Å². The summed E-state index contributed by atoms with van der Waals surface area (Å²) in [5.74, 6) is 0.663. The van der Waals surface area contributed by atoms with Crippen molar-refractivity contribution in [2.24, 2.45) is 5.92 Å². The topological polar surface area (TPSA) is 38.3 Å². The summed E-state index contributed by atoms with van der Waals surface area (Å²) in [5.41, 5.74) is 5.02. The molecule has 2 aromatic rings. The molecule has 0 radical (unpaired) electrons. The van der Waals surface area contributed by atoms with Crippen LogP contribution in [0, 0.1) is 5.92 Å². The van der Waals surface area contributed by atoms with Crippen molar-refractivity contribution in [1.29, 1.82) is 0 Å². The van der Waals surface area contributed by atoms with E-state index in [0.717, 1.165) is 6.42 Å². The van der Waals surface area contributed by atoms with E-state index in [-0.39, 0.29) is 18.1 Å². The summed E-state index contributed by atoms with van der Waals surface area (Å²) < 4.78 is 5.64. The van der Waals surface area contributed by atoms with Crippen LogP contribution in [-0.2, 0) is 4.74 Å². The van der Waals surface area contributed by atoms with E-state index in [1.807, 2.05) is 0 Å². The van der Waals surface area contributed by atoms with E-state index in [4.69, 9.17) is 4.74 Å². The highest BCUT2D eigenvalue weighted by molar-refractivity contribution is 5.79. The first-order valence-corrected chi connectivity index (χ1v) is 9.35. The van der Waals surface area contributed by atoms with Crippen molar-refractivity contribution in [2.75, 3.05) is 6.61 Å². The first-order valence-electron chi connectivity index (χ1n) is 9.35. The van der Waals surface area contributed by atoms with Crippen LogP contribution < -0.4 is 5.32 Å². The van der Waals surface area contributed by atoms with Gasteiger partial charge in [-0.1, -0.05) is 68.3 Å². The Kier molecular flexibility index (Phi) is 4.48. The molecule has 0 aromatic heterocycles. The Morgan fingerprint density at radius 3 is 2.24 bits per heavy atom. The number of carbonyl (C=O) groups is 1. The fourth-order valence-electron chi connectivity index (χ4n) is 4.32. The quantitative estimate of drug-likeness (QED) is 0.847. The average molecular weight is 335 g/mol. The second-order valence-electron chi connectivity index (χ2n) is 7.34. The van der Waals surface area contributed by atoms with Gasteiger partial charge in [0.25, 0.3) is 0 Å². The van der Waals surface area contributed by atoms with Gasteiger partial charge in [0.05, 0.1) is 0 Å². The lowest BCUT2D eigenvalue weighted by Gasteiger charge is -2.29. The van der Waals surface area contributed by atoms with E-state index < -0.39 is 0 Å². The molecule has 2 aliphatic rings. The zero-order valence-corrected chi connectivity index (χ0v) is 14.7. The second-order valence-corrected chi connectivity index (χ2v) is 7.34. The molecule has 130 valence electrons. The summed E-state index contributed by atoms with van der Waals surface area (Å²) in [6.07, 6.45) is 4.43. The highest BCUT2D eigenvalue weighted by atomic mass is 16.5. The molecule has 0 saturated heterocycles. The van der Waals surface area contributed by atoms with Crippen molar-refractivity contribution in [2.45, 2.75) is 44.6 Å². The normalized spacial score (nSPS) is 22.1. The smallest absolute Gasteiger partial charge is 0.407 e. The number of ether oxygens (including phenoxy) is 1. The number of nitrogens with one attached hydrogen (secondary N) is 1. The highest BCUT2D eigenvalue weighted by Gasteiger charge is 2.29. The number of hydrogen-bond donors (Lipinski definition) is 1. The number of rotatable bonds is 3. The van der Waals surface area contributed by atoms with Crippen molar-refractivity contribution >= 4 is 6.09 Å². The fourth-order valence-corrected chi connectivity index (χ4v) is 4.32. The summed E-state index contributed by atoms with van der Waals surface area (Å²) in [6.45, 7) is 2.61. The van der Waals surface area contributed by atoms with Crippen LogP contribution in [0.3, 0.4) is 0 Å². The fraction of sp³-hybridized carbons (Fsp3) is 0.409. The lowest BCUT2D eigenvalue weighted by molar-refractivity contribution is 0.131. The number of carbonyl (C=O) groups excluding carboxylic acids is 1. The van der Waals surface area contributed by atoms with Crippen LogP contribution in [0.2, 0.25) is 0 Å². The van der Waals surface area contributed by atoms with Gasteiger partial charge in [-0.3, -0.25) is 0 Å². The molecule has 2 aliphatic carbocycles. The molecule has 1 amide bonds. The van der Waals surface area contributed by atoms with Crippen molar-refractivity contribution in [3.63, 3.8) is 0 Å². The van der Waals surface area contributed by atoms with Crippen LogP contribution in [0.5, 0.6) is 0 Å². The first kappa shape index (κ1) is 16.2. The van der Waals surface area contributed by atoms with Crippen molar-refractivity contribution < 1.29 is 9.53 Å². The number of hydrogen-bond acceptors (Lipinski definition) is 2. The van der Waals surface area contributed by atoms with Crippen molar-refractivity contribution in [1.82, 2.24) is 5.32 Å².